The zero-order valence-corrected chi connectivity index (χ0v) is 12.4. The zero-order valence-electron chi connectivity index (χ0n) is 10.1. The Labute approximate surface area is 127 Å². The lowest BCUT2D eigenvalue weighted by molar-refractivity contribution is -0.115. The molecule has 0 aliphatic carbocycles. The van der Waals surface area contributed by atoms with Crippen LogP contribution in [0.1, 0.15) is 5.56 Å². The van der Waals surface area contributed by atoms with E-state index >= 15 is 0 Å². The maximum absolute atomic E-state index is 13.4. The molecule has 0 heterocycles. The van der Waals surface area contributed by atoms with E-state index < -0.39 is 17.5 Å². The van der Waals surface area contributed by atoms with Gasteiger partial charge in [0, 0.05) is 10.5 Å². The molecule has 0 spiro atoms. The van der Waals surface area contributed by atoms with Gasteiger partial charge in [-0.2, -0.15) is 0 Å². The minimum Gasteiger partial charge on any atom is -0.324 e. The number of nitrogens with one attached hydrogen (secondary N) is 1. The summed E-state index contributed by atoms with van der Waals surface area (Å²) in [6.07, 6.45) is -0.199. The van der Waals surface area contributed by atoms with Crippen LogP contribution in [0, 0.1) is 11.6 Å². The van der Waals surface area contributed by atoms with Crippen LogP contribution in [0.4, 0.5) is 14.5 Å². The van der Waals surface area contributed by atoms with E-state index in [1.165, 1.54) is 6.07 Å². The molecule has 0 saturated carbocycles. The second-order valence-electron chi connectivity index (χ2n) is 4.08. The lowest BCUT2D eigenvalue weighted by atomic mass is 10.1. The molecule has 0 fully saturated rings. The highest BCUT2D eigenvalue weighted by Crippen LogP contribution is 2.25. The van der Waals surface area contributed by atoms with Crippen molar-refractivity contribution >= 4 is 39.1 Å². The molecule has 0 bridgehead atoms. The number of halogens is 4. The second kappa shape index (κ2) is 6.33. The molecule has 2 aromatic carbocycles. The second-order valence-corrected chi connectivity index (χ2v) is 5.41. The first kappa shape index (κ1) is 14.9. The van der Waals surface area contributed by atoms with Gasteiger partial charge in [0.2, 0.25) is 5.91 Å². The van der Waals surface area contributed by atoms with E-state index in [2.05, 4.69) is 21.2 Å². The summed E-state index contributed by atoms with van der Waals surface area (Å²) in [5.74, 6) is -1.86. The summed E-state index contributed by atoms with van der Waals surface area (Å²) >= 11 is 9.20. The molecule has 1 N–H and O–H groups in total. The number of hydrogen-bond donors (Lipinski definition) is 1. The van der Waals surface area contributed by atoms with Crippen molar-refractivity contribution in [3.63, 3.8) is 0 Å². The van der Waals surface area contributed by atoms with Gasteiger partial charge in [0.15, 0.2) is 0 Å². The summed E-state index contributed by atoms with van der Waals surface area (Å²) in [5.41, 5.74) is 0.545. The van der Waals surface area contributed by atoms with Crippen LogP contribution in [0.15, 0.2) is 40.9 Å². The molecule has 0 unspecified atom stereocenters. The summed E-state index contributed by atoms with van der Waals surface area (Å²) in [6.45, 7) is 0. The molecule has 0 saturated heterocycles. The summed E-state index contributed by atoms with van der Waals surface area (Å²) in [4.78, 5) is 11.8. The smallest absolute Gasteiger partial charge is 0.228 e. The van der Waals surface area contributed by atoms with Gasteiger partial charge in [0.25, 0.3) is 0 Å². The van der Waals surface area contributed by atoms with Gasteiger partial charge in [0.05, 0.1) is 17.1 Å². The quantitative estimate of drug-likeness (QED) is 0.854. The molecule has 0 radical (unpaired) electrons. The third-order valence-electron chi connectivity index (χ3n) is 2.57. The number of carbonyl (C=O) groups excluding carboxylic acids is 1. The Morgan fingerprint density at radius 1 is 1.20 bits per heavy atom. The molecular weight excluding hydrogens is 352 g/mol. The highest BCUT2D eigenvalue weighted by atomic mass is 79.9. The van der Waals surface area contributed by atoms with Crippen molar-refractivity contribution in [3.8, 4) is 0 Å². The van der Waals surface area contributed by atoms with E-state index in [0.717, 1.165) is 16.6 Å². The molecule has 1 amide bonds. The summed E-state index contributed by atoms with van der Waals surface area (Å²) in [6, 6.07) is 8.10. The SMILES string of the molecule is O=C(Cc1ccc(F)cc1F)Nc1cc(Br)ccc1Cl. The molecule has 0 aliphatic heterocycles. The average molecular weight is 361 g/mol. The number of amides is 1. The number of carbonyl (C=O) groups is 1. The Morgan fingerprint density at radius 2 is 1.95 bits per heavy atom. The minimum absolute atomic E-state index is 0.120. The van der Waals surface area contributed by atoms with Crippen LogP contribution in [0.5, 0.6) is 0 Å². The molecule has 0 atom stereocenters. The molecule has 104 valence electrons. The van der Waals surface area contributed by atoms with E-state index in [0.29, 0.717) is 10.7 Å². The fourth-order valence-electron chi connectivity index (χ4n) is 1.63. The molecule has 20 heavy (non-hydrogen) atoms. The molecule has 2 nitrogen and oxygen atoms in total. The zero-order chi connectivity index (χ0) is 14.7. The van der Waals surface area contributed by atoms with Gasteiger partial charge < -0.3 is 5.32 Å². The monoisotopic (exact) mass is 359 g/mol. The van der Waals surface area contributed by atoms with Crippen molar-refractivity contribution in [2.24, 2.45) is 0 Å². The van der Waals surface area contributed by atoms with E-state index in [4.69, 9.17) is 11.6 Å². The van der Waals surface area contributed by atoms with Gasteiger partial charge in [-0.05, 0) is 29.8 Å². The van der Waals surface area contributed by atoms with Gasteiger partial charge in [-0.25, -0.2) is 8.78 Å². The number of benzene rings is 2. The van der Waals surface area contributed by atoms with Gasteiger partial charge in [0.1, 0.15) is 11.6 Å². The van der Waals surface area contributed by atoms with Gasteiger partial charge in [-0.1, -0.05) is 33.6 Å². The Balaban J connectivity index is 2.11. The first-order valence-electron chi connectivity index (χ1n) is 5.64. The topological polar surface area (TPSA) is 29.1 Å². The average Bonchev–Trinajstić information content (AvgIpc) is 2.37. The van der Waals surface area contributed by atoms with E-state index in [-0.39, 0.29) is 12.0 Å². The van der Waals surface area contributed by atoms with Crippen molar-refractivity contribution in [3.05, 3.63) is 63.1 Å². The van der Waals surface area contributed by atoms with Crippen LogP contribution in [-0.4, -0.2) is 5.91 Å². The molecular formula is C14H9BrClF2NO. The largest absolute Gasteiger partial charge is 0.324 e. The molecule has 2 rings (SSSR count). The normalized spacial score (nSPS) is 10.4. The molecule has 0 aromatic heterocycles. The van der Waals surface area contributed by atoms with E-state index in [1.54, 1.807) is 18.2 Å². The lowest BCUT2D eigenvalue weighted by Gasteiger charge is -2.08. The number of hydrogen-bond acceptors (Lipinski definition) is 1. The minimum atomic E-state index is -0.750. The standard InChI is InChI=1S/C14H9BrClF2NO/c15-9-2-4-11(16)13(6-9)19-14(20)5-8-1-3-10(17)7-12(8)18/h1-4,6-7H,5H2,(H,19,20). The third-order valence-corrected chi connectivity index (χ3v) is 3.39. The Morgan fingerprint density at radius 3 is 2.65 bits per heavy atom. The van der Waals surface area contributed by atoms with Gasteiger partial charge >= 0.3 is 0 Å². The van der Waals surface area contributed by atoms with Crippen LogP contribution in [0.2, 0.25) is 5.02 Å². The number of anilines is 1. The highest BCUT2D eigenvalue weighted by Gasteiger charge is 2.11. The highest BCUT2D eigenvalue weighted by molar-refractivity contribution is 9.10. The molecule has 2 aromatic rings. The predicted molar refractivity (Wildman–Crippen MR) is 77.8 cm³/mol. The van der Waals surface area contributed by atoms with Crippen molar-refractivity contribution in [2.75, 3.05) is 5.32 Å². The molecule has 6 heteroatoms. The lowest BCUT2D eigenvalue weighted by Crippen LogP contribution is -2.15. The Bertz CT molecular complexity index is 664. The van der Waals surface area contributed by atoms with Crippen molar-refractivity contribution in [1.82, 2.24) is 0 Å². The first-order valence-corrected chi connectivity index (χ1v) is 6.81. The third kappa shape index (κ3) is 3.77. The maximum atomic E-state index is 13.4. The predicted octanol–water partition coefficient (Wildman–Crippen LogP) is 4.56. The van der Waals surface area contributed by atoms with Crippen LogP contribution in [0.25, 0.3) is 0 Å². The van der Waals surface area contributed by atoms with Crippen LogP contribution >= 0.6 is 27.5 Å². The van der Waals surface area contributed by atoms with E-state index in [1.807, 2.05) is 0 Å². The summed E-state index contributed by atoms with van der Waals surface area (Å²) in [7, 11) is 0. The fraction of sp³-hybridized carbons (Fsp3) is 0.0714. The van der Waals surface area contributed by atoms with Crippen LogP contribution in [0.3, 0.4) is 0 Å². The van der Waals surface area contributed by atoms with Crippen LogP contribution < -0.4 is 5.32 Å². The van der Waals surface area contributed by atoms with Crippen molar-refractivity contribution in [2.45, 2.75) is 6.42 Å². The maximum Gasteiger partial charge on any atom is 0.228 e. The van der Waals surface area contributed by atoms with E-state index in [9.17, 15) is 13.6 Å². The summed E-state index contributed by atoms with van der Waals surface area (Å²) < 4.78 is 27.0. The molecule has 0 aliphatic rings. The van der Waals surface area contributed by atoms with Crippen molar-refractivity contribution in [1.29, 1.82) is 0 Å². The Kier molecular flexibility index (Phi) is 4.73. The van der Waals surface area contributed by atoms with Crippen LogP contribution in [-0.2, 0) is 11.2 Å². The summed E-state index contributed by atoms with van der Waals surface area (Å²) in [5, 5.41) is 2.96. The Hall–Kier alpha value is -1.46. The fourth-order valence-corrected chi connectivity index (χ4v) is 2.15. The first-order chi connectivity index (χ1) is 9.45. The van der Waals surface area contributed by atoms with Crippen molar-refractivity contribution < 1.29 is 13.6 Å². The van der Waals surface area contributed by atoms with Gasteiger partial charge in [-0.3, -0.25) is 4.79 Å². The number of rotatable bonds is 3. The van der Waals surface area contributed by atoms with Gasteiger partial charge in [-0.15, -0.1) is 0 Å².